The van der Waals surface area contributed by atoms with E-state index in [1.807, 2.05) is 0 Å². The van der Waals surface area contributed by atoms with Crippen LogP contribution in [0.4, 0.5) is 0 Å². The van der Waals surface area contributed by atoms with Gasteiger partial charge in [0.25, 0.3) is 0 Å². The van der Waals surface area contributed by atoms with Gasteiger partial charge in [0.15, 0.2) is 0 Å². The zero-order chi connectivity index (χ0) is 13.2. The van der Waals surface area contributed by atoms with Crippen LogP contribution in [0.3, 0.4) is 0 Å². The topological polar surface area (TPSA) is 83.4 Å². The molecule has 0 saturated carbocycles. The maximum atomic E-state index is 11.5. The third kappa shape index (κ3) is 2.11. The largest absolute Gasteiger partial charge is 0.808 e. The fraction of sp³-hybridized carbons (Fsp3) is 0.0769. The number of benzene rings is 2. The van der Waals surface area contributed by atoms with Crippen LogP contribution in [0.5, 0.6) is 0 Å². The van der Waals surface area contributed by atoms with Crippen molar-refractivity contribution in [3.8, 4) is 0 Å². The summed E-state index contributed by atoms with van der Waals surface area (Å²) < 4.78 is 11.5. The van der Waals surface area contributed by atoms with Crippen molar-refractivity contribution in [2.24, 2.45) is 0 Å². The molecule has 18 heavy (non-hydrogen) atoms. The van der Waals surface area contributed by atoms with E-state index in [-0.39, 0.29) is 11.1 Å². The van der Waals surface area contributed by atoms with Crippen molar-refractivity contribution < 1.29 is 19.5 Å². The molecule has 0 unspecified atom stereocenters. The maximum Gasteiger partial charge on any atom is 0.141 e. The van der Waals surface area contributed by atoms with E-state index in [4.69, 9.17) is 0 Å². The lowest BCUT2D eigenvalue weighted by Crippen LogP contribution is -2.37. The van der Waals surface area contributed by atoms with Gasteiger partial charge in [0.2, 0.25) is 0 Å². The van der Waals surface area contributed by atoms with Crippen LogP contribution in [0.15, 0.2) is 60.7 Å². The van der Waals surface area contributed by atoms with Gasteiger partial charge in [-0.3, -0.25) is 0 Å². The van der Waals surface area contributed by atoms with Crippen LogP contribution in [-0.2, 0) is 9.91 Å². The quantitative estimate of drug-likeness (QED) is 0.829. The summed E-state index contributed by atoms with van der Waals surface area (Å²) in [4.78, 5) is 23.0. The van der Waals surface area contributed by atoms with E-state index < -0.39 is 12.9 Å². The highest BCUT2D eigenvalue weighted by atomic mass is 31.2. The van der Waals surface area contributed by atoms with Gasteiger partial charge in [-0.25, -0.2) is 0 Å². The number of hydrogen-bond acceptors (Lipinski definition) is 4. The van der Waals surface area contributed by atoms with Crippen LogP contribution < -0.4 is 9.79 Å². The van der Waals surface area contributed by atoms with E-state index in [9.17, 15) is 19.5 Å². The second-order valence-corrected chi connectivity index (χ2v) is 5.54. The van der Waals surface area contributed by atoms with Gasteiger partial charge in [0, 0.05) is 0 Å². The minimum atomic E-state index is -5.28. The molecule has 0 aromatic heterocycles. The molecular formula is C13H11O4P-2. The molecule has 0 amide bonds. The molecule has 1 N–H and O–H groups in total. The smallest absolute Gasteiger partial charge is 0.141 e. The average Bonchev–Trinajstić information content (AvgIpc) is 2.38. The molecule has 0 radical (unpaired) electrons. The van der Waals surface area contributed by atoms with Crippen LogP contribution in [0, 0.1) is 0 Å². The first kappa shape index (κ1) is 13.0. The van der Waals surface area contributed by atoms with E-state index in [1.54, 1.807) is 36.4 Å². The van der Waals surface area contributed by atoms with E-state index in [0.29, 0.717) is 0 Å². The van der Waals surface area contributed by atoms with Crippen molar-refractivity contribution in [1.82, 2.24) is 0 Å². The molecule has 94 valence electrons. The minimum Gasteiger partial charge on any atom is -0.808 e. The van der Waals surface area contributed by atoms with Gasteiger partial charge in [-0.05, 0) is 18.7 Å². The molecule has 2 aromatic rings. The zero-order valence-electron chi connectivity index (χ0n) is 9.39. The molecule has 0 aliphatic heterocycles. The molecule has 5 heteroatoms. The second kappa shape index (κ2) is 4.67. The maximum absolute atomic E-state index is 11.5. The highest BCUT2D eigenvalue weighted by Crippen LogP contribution is 2.52. The third-order valence-corrected chi connectivity index (χ3v) is 4.06. The molecule has 0 bridgehead atoms. The summed E-state index contributed by atoms with van der Waals surface area (Å²) in [6, 6.07) is 15.3. The minimum absolute atomic E-state index is 0.0459. The Morgan fingerprint density at radius 3 is 1.44 bits per heavy atom. The Morgan fingerprint density at radius 1 is 0.833 bits per heavy atom. The summed E-state index contributed by atoms with van der Waals surface area (Å²) in [6.45, 7) is 0. The Balaban J connectivity index is 2.67. The summed E-state index contributed by atoms with van der Waals surface area (Å²) in [5, 5.41) is 7.87. The van der Waals surface area contributed by atoms with E-state index >= 15 is 0 Å². The van der Waals surface area contributed by atoms with Crippen LogP contribution in [0.25, 0.3) is 0 Å². The zero-order valence-corrected chi connectivity index (χ0v) is 10.3. The number of aliphatic hydroxyl groups is 1. The highest BCUT2D eigenvalue weighted by molar-refractivity contribution is 7.50. The SMILES string of the molecule is O=P([O-])([O-])C(O)(c1ccccc1)c1ccccc1. The molecule has 0 saturated heterocycles. The van der Waals surface area contributed by atoms with Crippen molar-refractivity contribution in [3.05, 3.63) is 71.8 Å². The summed E-state index contributed by atoms with van der Waals surface area (Å²) in [5.74, 6) is 0. The Morgan fingerprint density at radius 2 is 1.17 bits per heavy atom. The number of hydrogen-bond donors (Lipinski definition) is 1. The Kier molecular flexibility index (Phi) is 3.37. The van der Waals surface area contributed by atoms with Gasteiger partial charge in [-0.1, -0.05) is 60.7 Å². The molecule has 0 atom stereocenters. The van der Waals surface area contributed by atoms with Gasteiger partial charge in [0.1, 0.15) is 5.34 Å². The molecule has 2 aromatic carbocycles. The average molecular weight is 262 g/mol. The Bertz CT molecular complexity index is 523. The molecule has 4 nitrogen and oxygen atoms in total. The Labute approximate surface area is 105 Å². The van der Waals surface area contributed by atoms with Gasteiger partial charge in [0.05, 0.1) is 0 Å². The molecule has 0 aliphatic carbocycles. The lowest BCUT2D eigenvalue weighted by atomic mass is 10.0. The summed E-state index contributed by atoms with van der Waals surface area (Å²) in [5.41, 5.74) is 0.0917. The summed E-state index contributed by atoms with van der Waals surface area (Å²) in [7, 11) is -5.28. The molecule has 0 fully saturated rings. The van der Waals surface area contributed by atoms with Crippen molar-refractivity contribution in [2.75, 3.05) is 0 Å². The van der Waals surface area contributed by atoms with Crippen molar-refractivity contribution >= 4 is 7.60 Å². The molecule has 0 aliphatic rings. The molecule has 0 heterocycles. The highest BCUT2D eigenvalue weighted by Gasteiger charge is 2.35. The monoisotopic (exact) mass is 262 g/mol. The van der Waals surface area contributed by atoms with Crippen LogP contribution >= 0.6 is 7.60 Å². The fourth-order valence-corrected chi connectivity index (χ4v) is 2.75. The van der Waals surface area contributed by atoms with Crippen LogP contribution in [0.2, 0.25) is 0 Å². The standard InChI is InChI=1S/C13H13O4P/c14-13(18(15,16)17,11-7-3-1-4-8-11)12-9-5-2-6-10-12/h1-10,14H,(H2,15,16,17)/p-2. The first-order chi connectivity index (χ1) is 8.46. The van der Waals surface area contributed by atoms with Gasteiger partial charge in [-0.2, -0.15) is 0 Å². The molecular weight excluding hydrogens is 251 g/mol. The van der Waals surface area contributed by atoms with Crippen molar-refractivity contribution in [3.63, 3.8) is 0 Å². The van der Waals surface area contributed by atoms with Crippen LogP contribution in [0.1, 0.15) is 11.1 Å². The first-order valence-corrected chi connectivity index (χ1v) is 6.86. The van der Waals surface area contributed by atoms with E-state index in [2.05, 4.69) is 0 Å². The first-order valence-electron chi connectivity index (χ1n) is 5.32. The van der Waals surface area contributed by atoms with E-state index in [1.165, 1.54) is 24.3 Å². The van der Waals surface area contributed by atoms with Gasteiger partial charge in [-0.15, -0.1) is 0 Å². The summed E-state index contributed by atoms with van der Waals surface area (Å²) >= 11 is 0. The summed E-state index contributed by atoms with van der Waals surface area (Å²) in [6.07, 6.45) is 0. The molecule has 2 rings (SSSR count). The van der Waals surface area contributed by atoms with Crippen LogP contribution in [-0.4, -0.2) is 5.11 Å². The lowest BCUT2D eigenvalue weighted by molar-refractivity contribution is -0.328. The fourth-order valence-electron chi connectivity index (χ4n) is 1.82. The van der Waals surface area contributed by atoms with Crippen molar-refractivity contribution in [1.29, 1.82) is 0 Å². The lowest BCUT2D eigenvalue weighted by Gasteiger charge is -2.46. The number of rotatable bonds is 3. The van der Waals surface area contributed by atoms with Gasteiger partial charge < -0.3 is 19.5 Å². The second-order valence-electron chi connectivity index (χ2n) is 3.90. The normalized spacial score (nSPS) is 12.4. The molecule has 0 spiro atoms. The predicted octanol–water partition coefficient (Wildman–Crippen LogP) is 0.794. The van der Waals surface area contributed by atoms with Crippen molar-refractivity contribution in [2.45, 2.75) is 5.34 Å². The third-order valence-electron chi connectivity index (χ3n) is 2.75. The Hall–Kier alpha value is -1.45. The van der Waals surface area contributed by atoms with Gasteiger partial charge >= 0.3 is 0 Å². The predicted molar refractivity (Wildman–Crippen MR) is 63.5 cm³/mol. The van der Waals surface area contributed by atoms with E-state index in [0.717, 1.165) is 0 Å².